The minimum Gasteiger partial charge on any atom is -0.374 e. The van der Waals surface area contributed by atoms with Crippen molar-refractivity contribution in [3.05, 3.63) is 53.1 Å². The monoisotopic (exact) mass is 341 g/mol. The first-order valence-electron chi connectivity index (χ1n) is 7.86. The Hall–Kier alpha value is -2.53. The quantitative estimate of drug-likeness (QED) is 0.902. The van der Waals surface area contributed by atoms with Crippen molar-refractivity contribution < 1.29 is 9.59 Å². The van der Waals surface area contributed by atoms with Crippen LogP contribution in [0.3, 0.4) is 0 Å². The molecule has 0 aromatic heterocycles. The average molecular weight is 342 g/mol. The van der Waals surface area contributed by atoms with Crippen LogP contribution in [0.1, 0.15) is 12.0 Å². The Balaban J connectivity index is 1.50. The van der Waals surface area contributed by atoms with Crippen LogP contribution < -0.4 is 15.5 Å². The SMILES string of the molecule is O=C1Cc2cc(N[C@H]3CCN(c4cccc(Cl)c4)C3=O)ccc2N1. The molecule has 5 nitrogen and oxygen atoms in total. The van der Waals surface area contributed by atoms with Gasteiger partial charge in [-0.05, 0) is 48.4 Å². The van der Waals surface area contributed by atoms with Gasteiger partial charge in [0.1, 0.15) is 6.04 Å². The molecular formula is C18H16ClN3O2. The van der Waals surface area contributed by atoms with Crippen LogP contribution in [0.25, 0.3) is 0 Å². The van der Waals surface area contributed by atoms with E-state index in [-0.39, 0.29) is 17.9 Å². The molecule has 0 saturated carbocycles. The van der Waals surface area contributed by atoms with Crippen molar-refractivity contribution in [2.45, 2.75) is 18.9 Å². The molecule has 1 saturated heterocycles. The van der Waals surface area contributed by atoms with Crippen molar-refractivity contribution in [2.24, 2.45) is 0 Å². The minimum absolute atomic E-state index is 0.00576. The molecular weight excluding hydrogens is 326 g/mol. The molecule has 0 bridgehead atoms. The molecule has 4 rings (SSSR count). The van der Waals surface area contributed by atoms with Gasteiger partial charge in [0.25, 0.3) is 0 Å². The van der Waals surface area contributed by atoms with E-state index in [4.69, 9.17) is 11.6 Å². The van der Waals surface area contributed by atoms with Gasteiger partial charge in [0.05, 0.1) is 6.42 Å². The van der Waals surface area contributed by atoms with Crippen LogP contribution in [0.2, 0.25) is 5.02 Å². The van der Waals surface area contributed by atoms with E-state index in [1.54, 1.807) is 17.0 Å². The van der Waals surface area contributed by atoms with E-state index in [0.717, 1.165) is 29.0 Å². The fourth-order valence-corrected chi connectivity index (χ4v) is 3.42. The number of nitrogens with zero attached hydrogens (tertiary/aromatic N) is 1. The van der Waals surface area contributed by atoms with Crippen molar-refractivity contribution >= 4 is 40.5 Å². The van der Waals surface area contributed by atoms with Gasteiger partial charge in [-0.1, -0.05) is 17.7 Å². The van der Waals surface area contributed by atoms with E-state index in [2.05, 4.69) is 10.6 Å². The second-order valence-corrected chi connectivity index (χ2v) is 6.49. The summed E-state index contributed by atoms with van der Waals surface area (Å²) in [4.78, 5) is 25.8. The molecule has 0 unspecified atom stereocenters. The Morgan fingerprint density at radius 3 is 2.88 bits per heavy atom. The summed E-state index contributed by atoms with van der Waals surface area (Å²) >= 11 is 6.02. The average Bonchev–Trinajstić information content (AvgIpc) is 3.09. The lowest BCUT2D eigenvalue weighted by Gasteiger charge is -2.18. The fraction of sp³-hybridized carbons (Fsp3) is 0.222. The molecule has 2 heterocycles. The third-order valence-electron chi connectivity index (χ3n) is 4.40. The number of hydrogen-bond donors (Lipinski definition) is 2. The summed E-state index contributed by atoms with van der Waals surface area (Å²) in [5, 5.41) is 6.71. The first kappa shape index (κ1) is 15.0. The number of amides is 2. The maximum atomic E-state index is 12.7. The maximum Gasteiger partial charge on any atom is 0.249 e. The molecule has 2 N–H and O–H groups in total. The largest absolute Gasteiger partial charge is 0.374 e. The van der Waals surface area contributed by atoms with Gasteiger partial charge >= 0.3 is 0 Å². The smallest absolute Gasteiger partial charge is 0.249 e. The van der Waals surface area contributed by atoms with Crippen LogP contribution in [-0.2, 0) is 16.0 Å². The Bertz CT molecular complexity index is 837. The molecule has 2 aromatic carbocycles. The molecule has 2 aliphatic heterocycles. The normalized spacial score (nSPS) is 19.4. The van der Waals surface area contributed by atoms with Gasteiger partial charge in [-0.3, -0.25) is 9.59 Å². The third-order valence-corrected chi connectivity index (χ3v) is 4.63. The molecule has 1 atom stereocenters. The summed E-state index contributed by atoms with van der Waals surface area (Å²) in [6, 6.07) is 12.7. The highest BCUT2D eigenvalue weighted by molar-refractivity contribution is 6.31. The van der Waals surface area contributed by atoms with E-state index in [1.807, 2.05) is 30.3 Å². The van der Waals surface area contributed by atoms with Gasteiger partial charge in [-0.2, -0.15) is 0 Å². The van der Waals surface area contributed by atoms with E-state index in [1.165, 1.54) is 0 Å². The van der Waals surface area contributed by atoms with Crippen molar-refractivity contribution in [3.8, 4) is 0 Å². The second kappa shape index (κ2) is 5.83. The van der Waals surface area contributed by atoms with Crippen LogP contribution in [0, 0.1) is 0 Å². The summed E-state index contributed by atoms with van der Waals surface area (Å²) in [5.41, 5.74) is 3.49. The van der Waals surface area contributed by atoms with Crippen LogP contribution >= 0.6 is 11.6 Å². The number of carbonyl (C=O) groups excluding carboxylic acids is 2. The Labute approximate surface area is 144 Å². The Kier molecular flexibility index (Phi) is 3.65. The number of benzene rings is 2. The van der Waals surface area contributed by atoms with E-state index in [9.17, 15) is 9.59 Å². The fourth-order valence-electron chi connectivity index (χ4n) is 3.23. The summed E-state index contributed by atoms with van der Waals surface area (Å²) < 4.78 is 0. The maximum absolute atomic E-state index is 12.7. The highest BCUT2D eigenvalue weighted by Crippen LogP contribution is 2.29. The summed E-state index contributed by atoms with van der Waals surface area (Å²) in [6.07, 6.45) is 1.11. The molecule has 2 aliphatic rings. The second-order valence-electron chi connectivity index (χ2n) is 6.05. The van der Waals surface area contributed by atoms with Crippen molar-refractivity contribution in [3.63, 3.8) is 0 Å². The zero-order valence-electron chi connectivity index (χ0n) is 12.9. The molecule has 6 heteroatoms. The third kappa shape index (κ3) is 2.71. The van der Waals surface area contributed by atoms with Gasteiger partial charge in [-0.25, -0.2) is 0 Å². The number of halogens is 1. The standard InChI is InChI=1S/C18H16ClN3O2/c19-12-2-1-3-14(10-12)22-7-6-16(18(22)24)20-13-4-5-15-11(8-13)9-17(23)21-15/h1-5,8,10,16,20H,6-7,9H2,(H,21,23)/t16-/m0/s1. The molecule has 0 spiro atoms. The van der Waals surface area contributed by atoms with Crippen LogP contribution in [0.5, 0.6) is 0 Å². The highest BCUT2D eigenvalue weighted by atomic mass is 35.5. The van der Waals surface area contributed by atoms with Crippen LogP contribution in [0.15, 0.2) is 42.5 Å². The lowest BCUT2D eigenvalue weighted by atomic mass is 10.1. The molecule has 0 aliphatic carbocycles. The molecule has 1 fully saturated rings. The van der Waals surface area contributed by atoms with Gasteiger partial charge in [0.2, 0.25) is 11.8 Å². The lowest BCUT2D eigenvalue weighted by Crippen LogP contribution is -2.33. The van der Waals surface area contributed by atoms with Crippen molar-refractivity contribution in [1.29, 1.82) is 0 Å². The summed E-state index contributed by atoms with van der Waals surface area (Å²) in [6.45, 7) is 0.655. The molecule has 0 radical (unpaired) electrons. The van der Waals surface area contributed by atoms with Crippen molar-refractivity contribution in [2.75, 3.05) is 22.1 Å². The zero-order valence-corrected chi connectivity index (χ0v) is 13.6. The van der Waals surface area contributed by atoms with E-state index in [0.29, 0.717) is 18.0 Å². The van der Waals surface area contributed by atoms with Crippen LogP contribution in [0.4, 0.5) is 17.1 Å². The highest BCUT2D eigenvalue weighted by Gasteiger charge is 2.32. The van der Waals surface area contributed by atoms with Crippen LogP contribution in [-0.4, -0.2) is 24.4 Å². The van der Waals surface area contributed by atoms with Crippen molar-refractivity contribution in [1.82, 2.24) is 0 Å². The van der Waals surface area contributed by atoms with Gasteiger partial charge in [0, 0.05) is 28.6 Å². The number of rotatable bonds is 3. The molecule has 2 aromatic rings. The predicted octanol–water partition coefficient (Wildman–Crippen LogP) is 3.05. The molecule has 24 heavy (non-hydrogen) atoms. The first-order valence-corrected chi connectivity index (χ1v) is 8.24. The van der Waals surface area contributed by atoms with E-state index >= 15 is 0 Å². The van der Waals surface area contributed by atoms with E-state index < -0.39 is 0 Å². The number of carbonyl (C=O) groups is 2. The number of anilines is 3. The Morgan fingerprint density at radius 1 is 1.17 bits per heavy atom. The van der Waals surface area contributed by atoms with Gasteiger partial charge in [-0.15, -0.1) is 0 Å². The number of fused-ring (bicyclic) bond motifs is 1. The van der Waals surface area contributed by atoms with Gasteiger partial charge < -0.3 is 15.5 Å². The summed E-state index contributed by atoms with van der Waals surface area (Å²) in [5.74, 6) is 0.0400. The minimum atomic E-state index is -0.271. The topological polar surface area (TPSA) is 61.4 Å². The summed E-state index contributed by atoms with van der Waals surface area (Å²) in [7, 11) is 0. The first-order chi connectivity index (χ1) is 11.6. The number of nitrogens with one attached hydrogen (secondary N) is 2. The molecule has 2 amide bonds. The molecule has 122 valence electrons. The number of hydrogen-bond acceptors (Lipinski definition) is 3. The lowest BCUT2D eigenvalue weighted by molar-refractivity contribution is -0.117. The predicted molar refractivity (Wildman–Crippen MR) is 94.6 cm³/mol. The van der Waals surface area contributed by atoms with Gasteiger partial charge in [0.15, 0.2) is 0 Å². The zero-order chi connectivity index (χ0) is 16.7. The Morgan fingerprint density at radius 2 is 2.04 bits per heavy atom.